The first-order valence-electron chi connectivity index (χ1n) is 11.9. The summed E-state index contributed by atoms with van der Waals surface area (Å²) in [5, 5.41) is 0. The van der Waals surface area contributed by atoms with E-state index in [4.69, 9.17) is 92.8 Å². The Hall–Kier alpha value is 1.14. The number of allylic oxidation sites excluding steroid dienone is 4. The second-order valence-electron chi connectivity index (χ2n) is 12.4. The van der Waals surface area contributed by atoms with Crippen LogP contribution in [0.15, 0.2) is 22.3 Å². The van der Waals surface area contributed by atoms with E-state index in [-0.39, 0.29) is 11.6 Å². The Morgan fingerprint density at radius 2 is 0.556 bits per heavy atom. The smallest absolute Gasteiger partial charge is 0.155 e. The number of rotatable bonds is 0. The van der Waals surface area contributed by atoms with Gasteiger partial charge in [-0.3, -0.25) is 9.59 Å². The fraction of sp³-hybridized carbons (Fsp3) is 0.769. The molecule has 36 heavy (non-hydrogen) atoms. The van der Waals surface area contributed by atoms with E-state index < -0.39 is 62.7 Å². The zero-order valence-corrected chi connectivity index (χ0v) is 27.2. The van der Waals surface area contributed by atoms with Crippen molar-refractivity contribution in [3.05, 3.63) is 22.3 Å². The molecule has 5 rings (SSSR count). The normalized spacial score (nSPS) is 51.4. The summed E-state index contributed by atoms with van der Waals surface area (Å²) in [7, 11) is 0. The first-order valence-corrected chi connectivity index (χ1v) is 14.9. The van der Waals surface area contributed by atoms with Gasteiger partial charge >= 0.3 is 0 Å². The van der Waals surface area contributed by atoms with Crippen molar-refractivity contribution in [1.29, 1.82) is 0 Å². The molecule has 200 valence electrons. The quantitative estimate of drug-likeness (QED) is 0.193. The molecule has 2 nitrogen and oxygen atoms in total. The Balaban J connectivity index is 1.94. The average molecular weight is 656 g/mol. The lowest BCUT2D eigenvalue weighted by Gasteiger charge is -2.62. The van der Waals surface area contributed by atoms with Gasteiger partial charge in [-0.1, -0.05) is 115 Å². The van der Waals surface area contributed by atoms with Gasteiger partial charge in [0, 0.05) is 23.7 Å². The summed E-state index contributed by atoms with van der Waals surface area (Å²) < 4.78 is -7.87. The first kappa shape index (κ1) is 28.7. The fourth-order valence-electron chi connectivity index (χ4n) is 9.27. The van der Waals surface area contributed by atoms with Crippen LogP contribution >= 0.6 is 92.8 Å². The predicted octanol–water partition coefficient (Wildman–Crippen LogP) is 9.05. The summed E-state index contributed by atoms with van der Waals surface area (Å²) in [4.78, 5) is 28.4. The summed E-state index contributed by atoms with van der Waals surface area (Å²) >= 11 is 58.6. The van der Waals surface area contributed by atoms with E-state index in [1.165, 1.54) is 0 Å². The molecule has 10 heteroatoms. The number of carbonyl (C=O) groups excluding carboxylic acids is 2. The molecule has 0 N–H and O–H groups in total. The molecule has 0 spiro atoms. The Morgan fingerprint density at radius 1 is 0.417 bits per heavy atom. The lowest BCUT2D eigenvalue weighted by molar-refractivity contribution is -0.130. The fourth-order valence-corrected chi connectivity index (χ4v) is 13.0. The van der Waals surface area contributed by atoms with Crippen molar-refractivity contribution in [3.63, 3.8) is 0 Å². The molecule has 0 radical (unpaired) electrons. The molecule has 8 atom stereocenters. The van der Waals surface area contributed by atoms with Crippen molar-refractivity contribution in [1.82, 2.24) is 0 Å². The van der Waals surface area contributed by atoms with Gasteiger partial charge in [0.05, 0.1) is 21.7 Å². The van der Waals surface area contributed by atoms with Gasteiger partial charge in [0.2, 0.25) is 0 Å². The molecule has 5 aliphatic carbocycles. The van der Waals surface area contributed by atoms with E-state index in [1.54, 1.807) is 27.7 Å². The number of Topliss-reactive ketones (excluding diaryl/α,β-unsaturated/α-hetero) is 2. The van der Waals surface area contributed by atoms with Crippen LogP contribution in [0.4, 0.5) is 0 Å². The Kier molecular flexibility index (Phi) is 5.67. The molecule has 0 aliphatic heterocycles. The first-order chi connectivity index (χ1) is 15.9. The highest BCUT2D eigenvalue weighted by atomic mass is 35.5. The molecule has 0 saturated heterocycles. The van der Waals surface area contributed by atoms with Crippen molar-refractivity contribution < 1.29 is 9.59 Å². The molecule has 4 bridgehead atoms. The highest BCUT2D eigenvalue weighted by Gasteiger charge is 2.88. The van der Waals surface area contributed by atoms with Crippen molar-refractivity contribution in [2.45, 2.75) is 72.7 Å². The second-order valence-corrected chi connectivity index (χ2v) is 17.9. The minimum Gasteiger partial charge on any atom is -0.298 e. The van der Waals surface area contributed by atoms with Crippen LogP contribution in [0.2, 0.25) is 0 Å². The predicted molar refractivity (Wildman–Crippen MR) is 151 cm³/mol. The lowest BCUT2D eigenvalue weighted by Crippen LogP contribution is -2.69. The number of halogens is 8. The van der Waals surface area contributed by atoms with Gasteiger partial charge < -0.3 is 0 Å². The van der Waals surface area contributed by atoms with Crippen LogP contribution in [-0.2, 0) is 9.59 Å². The third-order valence-electron chi connectivity index (χ3n) is 11.7. The number of carbonyl (C=O) groups is 2. The summed E-state index contributed by atoms with van der Waals surface area (Å²) in [6.07, 6.45) is 0. The number of fused-ring (bicyclic) bond motifs is 10. The number of hydrogen-bond donors (Lipinski definition) is 0. The number of hydrogen-bond acceptors (Lipinski definition) is 2. The van der Waals surface area contributed by atoms with Crippen LogP contribution in [-0.4, -0.2) is 28.9 Å². The molecular weight excluding hydrogens is 628 g/mol. The van der Waals surface area contributed by atoms with Gasteiger partial charge in [-0.05, 0) is 55.4 Å². The van der Waals surface area contributed by atoms with E-state index >= 15 is 0 Å². The van der Waals surface area contributed by atoms with Crippen molar-refractivity contribution in [2.75, 3.05) is 0 Å². The molecular formula is C26H28Cl8O2. The standard InChI is InChI=1S/C26H28Cl8O2/c1-9-10(2)20(6)14-13(19(9,5)17(20)35)23(27,28)25(31,32)15-16(26(33,34)24(14,29)30)22(8)12(4)11(3)21(15,7)18(22)36/h13-16H,1-8H3/t13-,14-,15-,16+,19-,20+,21-,22-/m0/s1. The summed E-state index contributed by atoms with van der Waals surface area (Å²) in [5.41, 5.74) is -1.45. The van der Waals surface area contributed by atoms with Gasteiger partial charge in [-0.25, -0.2) is 0 Å². The van der Waals surface area contributed by atoms with E-state index in [9.17, 15) is 9.59 Å². The Bertz CT molecular complexity index is 1050. The van der Waals surface area contributed by atoms with Crippen LogP contribution in [0.1, 0.15) is 55.4 Å². The van der Waals surface area contributed by atoms with Crippen LogP contribution in [0.25, 0.3) is 0 Å². The molecule has 5 aliphatic rings. The SMILES string of the molecule is CC1=C(C)[C@@]2(C)C(=O)[C@]1(C)[C@@H]1[C@@H]2C(Cl)(Cl)C(Cl)(Cl)[C@@H]2[C@H](C(Cl)(Cl)C1(Cl)Cl)[C@@]1(C)C(=O)[C@@]2(C)C(C)=C1C. The summed E-state index contributed by atoms with van der Waals surface area (Å²) in [5.74, 6) is -4.05. The molecule has 0 aromatic carbocycles. The third kappa shape index (κ3) is 2.38. The maximum absolute atomic E-state index is 14.2. The minimum atomic E-state index is -1.97. The topological polar surface area (TPSA) is 34.1 Å². The Morgan fingerprint density at radius 3 is 0.694 bits per heavy atom. The number of alkyl halides is 8. The van der Waals surface area contributed by atoms with Crippen LogP contribution in [0.5, 0.6) is 0 Å². The molecule has 0 aromatic heterocycles. The van der Waals surface area contributed by atoms with E-state index in [0.717, 1.165) is 22.3 Å². The van der Waals surface area contributed by atoms with Crippen molar-refractivity contribution >= 4 is 104 Å². The van der Waals surface area contributed by atoms with Crippen LogP contribution < -0.4 is 0 Å². The maximum Gasteiger partial charge on any atom is 0.155 e. The second kappa shape index (κ2) is 7.13. The van der Waals surface area contributed by atoms with Gasteiger partial charge in [0.15, 0.2) is 28.9 Å². The number of ketones is 2. The largest absolute Gasteiger partial charge is 0.298 e. The van der Waals surface area contributed by atoms with Crippen LogP contribution in [0, 0.1) is 45.3 Å². The van der Waals surface area contributed by atoms with Gasteiger partial charge in [-0.2, -0.15) is 0 Å². The maximum atomic E-state index is 14.2. The third-order valence-corrected chi connectivity index (χ3v) is 16.8. The molecule has 0 aromatic rings. The monoisotopic (exact) mass is 652 g/mol. The van der Waals surface area contributed by atoms with Crippen LogP contribution in [0.3, 0.4) is 0 Å². The van der Waals surface area contributed by atoms with E-state index in [0.29, 0.717) is 0 Å². The van der Waals surface area contributed by atoms with Gasteiger partial charge in [0.25, 0.3) is 0 Å². The zero-order chi connectivity index (χ0) is 27.8. The lowest BCUT2D eigenvalue weighted by atomic mass is 9.54. The van der Waals surface area contributed by atoms with Crippen molar-refractivity contribution in [2.24, 2.45) is 45.3 Å². The average Bonchev–Trinajstić information content (AvgIpc) is 3.19. The Labute approximate surface area is 252 Å². The molecule has 0 amide bonds. The highest BCUT2D eigenvalue weighted by Crippen LogP contribution is 2.84. The molecule has 0 heterocycles. The van der Waals surface area contributed by atoms with Crippen molar-refractivity contribution in [3.8, 4) is 0 Å². The molecule has 3 fully saturated rings. The van der Waals surface area contributed by atoms with E-state index in [1.807, 2.05) is 27.7 Å². The zero-order valence-electron chi connectivity index (χ0n) is 21.1. The summed E-state index contributed by atoms with van der Waals surface area (Å²) in [6, 6.07) is 0. The van der Waals surface area contributed by atoms with Gasteiger partial charge in [-0.15, -0.1) is 0 Å². The molecule has 0 unspecified atom stereocenters. The highest BCUT2D eigenvalue weighted by molar-refractivity contribution is 6.65. The minimum absolute atomic E-state index is 0.126. The summed E-state index contributed by atoms with van der Waals surface area (Å²) in [6.45, 7) is 14.6. The molecule has 3 saturated carbocycles. The van der Waals surface area contributed by atoms with E-state index in [2.05, 4.69) is 0 Å². The van der Waals surface area contributed by atoms with Gasteiger partial charge in [0.1, 0.15) is 0 Å².